The van der Waals surface area contributed by atoms with Crippen molar-refractivity contribution < 1.29 is 0 Å². The Labute approximate surface area is 89.2 Å². The van der Waals surface area contributed by atoms with E-state index in [4.69, 9.17) is 0 Å². The molecular weight excluding hydrogens is 224 g/mol. The first kappa shape index (κ1) is 9.51. The van der Waals surface area contributed by atoms with Crippen LogP contribution >= 0.6 is 15.9 Å². The van der Waals surface area contributed by atoms with E-state index in [1.165, 1.54) is 55.8 Å². The van der Waals surface area contributed by atoms with Crippen molar-refractivity contribution in [2.24, 2.45) is 0 Å². The predicted octanol–water partition coefficient (Wildman–Crippen LogP) is 4.71. The molecule has 2 aliphatic carbocycles. The maximum Gasteiger partial charge on any atom is -0.00147 e. The van der Waals surface area contributed by atoms with Crippen molar-refractivity contribution in [2.75, 3.05) is 0 Å². The Kier molecular flexibility index (Phi) is 3.26. The lowest BCUT2D eigenvalue weighted by atomic mass is 9.87. The van der Waals surface area contributed by atoms with Crippen LogP contribution in [0.15, 0.2) is 21.7 Å². The Morgan fingerprint density at radius 1 is 0.923 bits per heavy atom. The van der Waals surface area contributed by atoms with E-state index in [2.05, 4.69) is 22.0 Å². The Bertz CT molecular complexity index is 248. The number of allylic oxidation sites excluding steroid dienone is 4. The molecule has 0 fully saturated rings. The van der Waals surface area contributed by atoms with Gasteiger partial charge in [0.05, 0.1) is 0 Å². The minimum Gasteiger partial charge on any atom is -0.0810 e. The fourth-order valence-corrected chi connectivity index (χ4v) is 3.05. The molecule has 2 aliphatic rings. The summed E-state index contributed by atoms with van der Waals surface area (Å²) in [4.78, 5) is 0. The van der Waals surface area contributed by atoms with Crippen molar-refractivity contribution in [2.45, 2.75) is 51.4 Å². The molecule has 0 aromatic heterocycles. The van der Waals surface area contributed by atoms with Gasteiger partial charge in [0.25, 0.3) is 0 Å². The van der Waals surface area contributed by atoms with Gasteiger partial charge in [0.15, 0.2) is 0 Å². The molecule has 72 valence electrons. The zero-order chi connectivity index (χ0) is 9.10. The first-order valence-corrected chi connectivity index (χ1v) is 6.24. The summed E-state index contributed by atoms with van der Waals surface area (Å²) in [6.45, 7) is 0. The molecule has 0 radical (unpaired) electrons. The molecule has 0 heterocycles. The molecule has 0 bridgehead atoms. The summed E-state index contributed by atoms with van der Waals surface area (Å²) < 4.78 is 1.49. The van der Waals surface area contributed by atoms with Gasteiger partial charge in [-0.3, -0.25) is 0 Å². The van der Waals surface area contributed by atoms with E-state index in [0.29, 0.717) is 0 Å². The van der Waals surface area contributed by atoms with Gasteiger partial charge in [-0.2, -0.15) is 0 Å². The van der Waals surface area contributed by atoms with Crippen LogP contribution in [0.4, 0.5) is 0 Å². The lowest BCUT2D eigenvalue weighted by Crippen LogP contribution is -2.01. The Hall–Kier alpha value is -0.0400. The van der Waals surface area contributed by atoms with Crippen molar-refractivity contribution in [3.05, 3.63) is 21.7 Å². The minimum atomic E-state index is 1.27. The molecule has 0 unspecified atom stereocenters. The van der Waals surface area contributed by atoms with Crippen LogP contribution in [-0.4, -0.2) is 0 Å². The summed E-state index contributed by atoms with van der Waals surface area (Å²) in [5.41, 5.74) is 3.30. The first-order valence-electron chi connectivity index (χ1n) is 5.45. The number of halogens is 1. The molecule has 0 amide bonds. The molecule has 13 heavy (non-hydrogen) atoms. The van der Waals surface area contributed by atoms with E-state index in [1.54, 1.807) is 11.1 Å². The smallest absolute Gasteiger partial charge is 0.00147 e. The molecule has 0 saturated heterocycles. The Morgan fingerprint density at radius 2 is 1.69 bits per heavy atom. The fraction of sp³-hybridized carbons (Fsp3) is 0.667. The molecule has 0 N–H and O–H groups in total. The van der Waals surface area contributed by atoms with E-state index in [0.717, 1.165) is 0 Å². The van der Waals surface area contributed by atoms with Gasteiger partial charge in [-0.05, 0) is 67.0 Å². The molecule has 0 aliphatic heterocycles. The average molecular weight is 241 g/mol. The van der Waals surface area contributed by atoms with Crippen LogP contribution in [0.5, 0.6) is 0 Å². The summed E-state index contributed by atoms with van der Waals surface area (Å²) in [5.74, 6) is 0. The average Bonchev–Trinajstić information content (AvgIpc) is 2.20. The largest absolute Gasteiger partial charge is 0.0810 e. The van der Waals surface area contributed by atoms with Gasteiger partial charge in [0, 0.05) is 0 Å². The SMILES string of the molecule is BrC1=C(C2=CCCCC2)CCCC1. The van der Waals surface area contributed by atoms with Crippen molar-refractivity contribution in [1.29, 1.82) is 0 Å². The molecule has 0 aromatic rings. The Balaban J connectivity index is 2.17. The lowest BCUT2D eigenvalue weighted by Gasteiger charge is -2.21. The molecule has 0 spiro atoms. The van der Waals surface area contributed by atoms with Crippen LogP contribution in [0.25, 0.3) is 0 Å². The highest BCUT2D eigenvalue weighted by Crippen LogP contribution is 2.36. The third kappa shape index (κ3) is 2.25. The van der Waals surface area contributed by atoms with Gasteiger partial charge in [-0.25, -0.2) is 0 Å². The van der Waals surface area contributed by atoms with Crippen molar-refractivity contribution in [3.8, 4) is 0 Å². The van der Waals surface area contributed by atoms with Crippen LogP contribution in [-0.2, 0) is 0 Å². The summed E-state index contributed by atoms with van der Waals surface area (Å²) >= 11 is 3.73. The van der Waals surface area contributed by atoms with Crippen molar-refractivity contribution in [3.63, 3.8) is 0 Å². The van der Waals surface area contributed by atoms with Crippen LogP contribution < -0.4 is 0 Å². The standard InChI is InChI=1S/C12H17Br/c13-12-9-5-4-8-11(12)10-6-2-1-3-7-10/h6H,1-5,7-9H2. The molecule has 1 heteroatoms. The lowest BCUT2D eigenvalue weighted by molar-refractivity contribution is 0.661. The Morgan fingerprint density at radius 3 is 2.38 bits per heavy atom. The topological polar surface area (TPSA) is 0 Å². The second-order valence-corrected chi connectivity index (χ2v) is 5.02. The van der Waals surface area contributed by atoms with E-state index < -0.39 is 0 Å². The molecule has 0 atom stereocenters. The summed E-state index contributed by atoms with van der Waals surface area (Å²) in [7, 11) is 0. The van der Waals surface area contributed by atoms with Crippen LogP contribution in [0.3, 0.4) is 0 Å². The highest BCUT2D eigenvalue weighted by atomic mass is 79.9. The third-order valence-corrected chi connectivity index (χ3v) is 3.95. The van der Waals surface area contributed by atoms with Gasteiger partial charge < -0.3 is 0 Å². The second kappa shape index (κ2) is 4.45. The van der Waals surface area contributed by atoms with Gasteiger partial charge >= 0.3 is 0 Å². The van der Waals surface area contributed by atoms with Gasteiger partial charge in [-0.15, -0.1) is 0 Å². The van der Waals surface area contributed by atoms with Crippen molar-refractivity contribution in [1.82, 2.24) is 0 Å². The first-order chi connectivity index (χ1) is 6.38. The summed E-state index contributed by atoms with van der Waals surface area (Å²) in [5, 5.41) is 0. The van der Waals surface area contributed by atoms with Gasteiger partial charge in [-0.1, -0.05) is 22.0 Å². The molecule has 0 saturated carbocycles. The zero-order valence-corrected chi connectivity index (χ0v) is 9.70. The van der Waals surface area contributed by atoms with E-state index in [9.17, 15) is 0 Å². The quantitative estimate of drug-likeness (QED) is 0.623. The van der Waals surface area contributed by atoms with Crippen LogP contribution in [0, 0.1) is 0 Å². The minimum absolute atomic E-state index is 1.27. The molecule has 0 nitrogen and oxygen atoms in total. The maximum absolute atomic E-state index is 3.73. The number of hydrogen-bond acceptors (Lipinski definition) is 0. The van der Waals surface area contributed by atoms with Gasteiger partial charge in [0.1, 0.15) is 0 Å². The number of hydrogen-bond donors (Lipinski definition) is 0. The van der Waals surface area contributed by atoms with E-state index in [-0.39, 0.29) is 0 Å². The monoisotopic (exact) mass is 240 g/mol. The van der Waals surface area contributed by atoms with E-state index in [1.807, 2.05) is 0 Å². The number of rotatable bonds is 1. The molecule has 2 rings (SSSR count). The van der Waals surface area contributed by atoms with Gasteiger partial charge in [0.2, 0.25) is 0 Å². The summed E-state index contributed by atoms with van der Waals surface area (Å²) in [6, 6.07) is 0. The van der Waals surface area contributed by atoms with Crippen molar-refractivity contribution >= 4 is 15.9 Å². The molecule has 0 aromatic carbocycles. The second-order valence-electron chi connectivity index (χ2n) is 4.07. The zero-order valence-electron chi connectivity index (χ0n) is 8.11. The van der Waals surface area contributed by atoms with E-state index >= 15 is 0 Å². The normalized spacial score (nSPS) is 24.5. The highest BCUT2D eigenvalue weighted by molar-refractivity contribution is 9.11. The highest BCUT2D eigenvalue weighted by Gasteiger charge is 2.15. The predicted molar refractivity (Wildman–Crippen MR) is 61.0 cm³/mol. The fourth-order valence-electron chi connectivity index (χ4n) is 2.32. The maximum atomic E-state index is 3.73. The summed E-state index contributed by atoms with van der Waals surface area (Å²) in [6.07, 6.45) is 13.2. The molecular formula is C12H17Br. The van der Waals surface area contributed by atoms with Crippen LogP contribution in [0.2, 0.25) is 0 Å². The van der Waals surface area contributed by atoms with Crippen LogP contribution in [0.1, 0.15) is 51.4 Å². The third-order valence-electron chi connectivity index (χ3n) is 3.08.